The minimum Gasteiger partial charge on any atom is -0.363 e. The van der Waals surface area contributed by atoms with Gasteiger partial charge in [-0.2, -0.15) is 5.10 Å². The van der Waals surface area contributed by atoms with E-state index in [0.717, 1.165) is 31.6 Å². The first kappa shape index (κ1) is 17.9. The van der Waals surface area contributed by atoms with E-state index in [9.17, 15) is 9.59 Å². The number of carbonyl (C=O) groups excluding carboxylic acids is 1. The topological polar surface area (TPSA) is 67.7 Å². The SMILES string of the molecule is O=C(C1OCCc2ccccc21)N1CCN(CCn2ncccc2=O)CC1. The van der Waals surface area contributed by atoms with Crippen molar-refractivity contribution in [2.75, 3.05) is 39.3 Å². The van der Waals surface area contributed by atoms with Crippen molar-refractivity contribution in [1.29, 1.82) is 0 Å². The normalized spacial score (nSPS) is 20.3. The van der Waals surface area contributed by atoms with E-state index in [1.807, 2.05) is 23.1 Å². The summed E-state index contributed by atoms with van der Waals surface area (Å²) >= 11 is 0. The summed E-state index contributed by atoms with van der Waals surface area (Å²) in [6, 6.07) is 11.2. The quantitative estimate of drug-likeness (QED) is 0.795. The standard InChI is InChI=1S/C20H24N4O3/c25-18-6-3-8-21-24(18)14-11-22-9-12-23(13-10-22)20(26)19-17-5-2-1-4-16(17)7-15-27-19/h1-6,8,19H,7,9-15H2. The highest BCUT2D eigenvalue weighted by molar-refractivity contribution is 5.83. The van der Waals surface area contributed by atoms with Crippen LogP contribution in [0, 0.1) is 0 Å². The van der Waals surface area contributed by atoms with Crippen molar-refractivity contribution in [3.8, 4) is 0 Å². The highest BCUT2D eigenvalue weighted by Gasteiger charge is 2.32. The molecule has 0 spiro atoms. The predicted octanol–water partition coefficient (Wildman–Crippen LogP) is 0.701. The van der Waals surface area contributed by atoms with Gasteiger partial charge in [-0.25, -0.2) is 4.68 Å². The van der Waals surface area contributed by atoms with E-state index in [1.54, 1.807) is 12.3 Å². The van der Waals surface area contributed by atoms with Crippen LogP contribution in [0.4, 0.5) is 0 Å². The van der Waals surface area contributed by atoms with Crippen LogP contribution in [0.25, 0.3) is 0 Å². The molecule has 27 heavy (non-hydrogen) atoms. The molecule has 0 bridgehead atoms. The van der Waals surface area contributed by atoms with E-state index < -0.39 is 6.10 Å². The lowest BCUT2D eigenvalue weighted by atomic mass is 9.96. The lowest BCUT2D eigenvalue weighted by molar-refractivity contribution is -0.147. The van der Waals surface area contributed by atoms with Crippen molar-refractivity contribution >= 4 is 5.91 Å². The van der Waals surface area contributed by atoms with E-state index in [2.05, 4.69) is 16.1 Å². The molecule has 0 radical (unpaired) electrons. The van der Waals surface area contributed by atoms with Gasteiger partial charge in [0.2, 0.25) is 0 Å². The van der Waals surface area contributed by atoms with Crippen LogP contribution in [0.15, 0.2) is 47.4 Å². The summed E-state index contributed by atoms with van der Waals surface area (Å²) in [4.78, 5) is 28.9. The molecule has 1 amide bonds. The number of fused-ring (bicyclic) bond motifs is 1. The Hall–Kier alpha value is -2.51. The summed E-state index contributed by atoms with van der Waals surface area (Å²) in [5.41, 5.74) is 2.13. The van der Waals surface area contributed by atoms with E-state index >= 15 is 0 Å². The third-order valence-electron chi connectivity index (χ3n) is 5.32. The number of benzene rings is 1. The maximum Gasteiger partial charge on any atom is 0.266 e. The van der Waals surface area contributed by atoms with E-state index in [0.29, 0.717) is 26.2 Å². The van der Waals surface area contributed by atoms with E-state index in [4.69, 9.17) is 4.74 Å². The molecule has 1 saturated heterocycles. The lowest BCUT2D eigenvalue weighted by Gasteiger charge is -2.37. The monoisotopic (exact) mass is 368 g/mol. The highest BCUT2D eigenvalue weighted by Crippen LogP contribution is 2.28. The van der Waals surface area contributed by atoms with Crippen LogP contribution in [0.5, 0.6) is 0 Å². The first-order valence-corrected chi connectivity index (χ1v) is 9.45. The van der Waals surface area contributed by atoms with Gasteiger partial charge in [-0.3, -0.25) is 14.5 Å². The van der Waals surface area contributed by atoms with Crippen LogP contribution in [0.3, 0.4) is 0 Å². The zero-order valence-corrected chi connectivity index (χ0v) is 15.3. The average molecular weight is 368 g/mol. The van der Waals surface area contributed by atoms with Gasteiger partial charge in [0, 0.05) is 45.0 Å². The summed E-state index contributed by atoms with van der Waals surface area (Å²) in [5.74, 6) is 0.0581. The molecule has 4 rings (SSSR count). The van der Waals surface area contributed by atoms with Gasteiger partial charge >= 0.3 is 0 Å². The fourth-order valence-corrected chi connectivity index (χ4v) is 3.75. The lowest BCUT2D eigenvalue weighted by Crippen LogP contribution is -2.51. The van der Waals surface area contributed by atoms with Crippen molar-refractivity contribution in [2.45, 2.75) is 19.1 Å². The molecule has 2 aromatic rings. The molecule has 0 N–H and O–H groups in total. The largest absolute Gasteiger partial charge is 0.363 e. The van der Waals surface area contributed by atoms with Crippen LogP contribution in [-0.4, -0.2) is 64.8 Å². The molecule has 2 aliphatic rings. The number of carbonyl (C=O) groups is 1. The number of rotatable bonds is 4. The van der Waals surface area contributed by atoms with Gasteiger partial charge in [0.1, 0.15) is 0 Å². The molecule has 1 aromatic heterocycles. The summed E-state index contributed by atoms with van der Waals surface area (Å²) in [6.07, 6.45) is 2.01. The Morgan fingerprint density at radius 1 is 1.07 bits per heavy atom. The molecule has 1 atom stereocenters. The molecule has 2 aliphatic heterocycles. The molecule has 1 aromatic carbocycles. The summed E-state index contributed by atoms with van der Waals surface area (Å²) in [7, 11) is 0. The summed E-state index contributed by atoms with van der Waals surface area (Å²) in [6.45, 7) is 4.85. The Kier molecular flexibility index (Phi) is 5.31. The Balaban J connectivity index is 1.32. The second-order valence-electron chi connectivity index (χ2n) is 6.95. The van der Waals surface area contributed by atoms with Crippen molar-refractivity contribution < 1.29 is 9.53 Å². The molecular weight excluding hydrogens is 344 g/mol. The highest BCUT2D eigenvalue weighted by atomic mass is 16.5. The smallest absolute Gasteiger partial charge is 0.266 e. The molecule has 7 heteroatoms. The second-order valence-corrected chi connectivity index (χ2v) is 6.95. The summed E-state index contributed by atoms with van der Waals surface area (Å²) < 4.78 is 7.29. The minimum absolute atomic E-state index is 0.0581. The van der Waals surface area contributed by atoms with Crippen LogP contribution < -0.4 is 5.56 Å². The van der Waals surface area contributed by atoms with Crippen LogP contribution in [0.1, 0.15) is 17.2 Å². The Morgan fingerprint density at radius 3 is 2.70 bits per heavy atom. The average Bonchev–Trinajstić information content (AvgIpc) is 2.73. The number of hydrogen-bond donors (Lipinski definition) is 0. The predicted molar refractivity (Wildman–Crippen MR) is 100 cm³/mol. The molecule has 0 saturated carbocycles. The van der Waals surface area contributed by atoms with Gasteiger partial charge < -0.3 is 9.64 Å². The number of ether oxygens (including phenoxy) is 1. The minimum atomic E-state index is -0.478. The van der Waals surface area contributed by atoms with Crippen LogP contribution >= 0.6 is 0 Å². The van der Waals surface area contributed by atoms with Gasteiger partial charge in [0.05, 0.1) is 13.2 Å². The number of amides is 1. The van der Waals surface area contributed by atoms with Gasteiger partial charge in [0.15, 0.2) is 6.10 Å². The molecule has 3 heterocycles. The van der Waals surface area contributed by atoms with Gasteiger partial charge in [-0.15, -0.1) is 0 Å². The maximum atomic E-state index is 13.0. The number of piperazine rings is 1. The van der Waals surface area contributed by atoms with Gasteiger partial charge in [-0.05, 0) is 23.6 Å². The number of aromatic nitrogens is 2. The fourth-order valence-electron chi connectivity index (χ4n) is 3.75. The Morgan fingerprint density at radius 2 is 1.89 bits per heavy atom. The third-order valence-corrected chi connectivity index (χ3v) is 5.32. The van der Waals surface area contributed by atoms with E-state index in [1.165, 1.54) is 16.3 Å². The summed E-state index contributed by atoms with van der Waals surface area (Å²) in [5, 5.41) is 4.08. The second kappa shape index (κ2) is 8.02. The maximum absolute atomic E-state index is 13.0. The fraction of sp³-hybridized carbons (Fsp3) is 0.450. The van der Waals surface area contributed by atoms with Crippen molar-refractivity contribution in [3.63, 3.8) is 0 Å². The molecule has 1 unspecified atom stereocenters. The van der Waals surface area contributed by atoms with Crippen molar-refractivity contribution in [3.05, 3.63) is 64.1 Å². The van der Waals surface area contributed by atoms with Crippen molar-refractivity contribution in [1.82, 2.24) is 19.6 Å². The van der Waals surface area contributed by atoms with Crippen molar-refractivity contribution in [2.24, 2.45) is 0 Å². The zero-order chi connectivity index (χ0) is 18.6. The number of hydrogen-bond acceptors (Lipinski definition) is 5. The molecule has 1 fully saturated rings. The number of nitrogens with zero attached hydrogens (tertiary/aromatic N) is 4. The first-order valence-electron chi connectivity index (χ1n) is 9.45. The van der Waals surface area contributed by atoms with Gasteiger partial charge in [0.25, 0.3) is 11.5 Å². The molecule has 0 aliphatic carbocycles. The Labute approximate surface area is 158 Å². The molecular formula is C20H24N4O3. The van der Waals surface area contributed by atoms with Gasteiger partial charge in [-0.1, -0.05) is 24.3 Å². The molecule has 142 valence electrons. The third kappa shape index (κ3) is 3.94. The van der Waals surface area contributed by atoms with E-state index in [-0.39, 0.29) is 11.5 Å². The zero-order valence-electron chi connectivity index (χ0n) is 15.3. The first-order chi connectivity index (χ1) is 13.2. The molecule has 7 nitrogen and oxygen atoms in total. The van der Waals surface area contributed by atoms with Crippen LogP contribution in [0.2, 0.25) is 0 Å². The van der Waals surface area contributed by atoms with Crippen LogP contribution in [-0.2, 0) is 22.5 Å². The Bertz CT molecular complexity index is 858.